The monoisotopic (exact) mass is 409 g/mol. The zero-order valence-electron chi connectivity index (χ0n) is 14.8. The molecule has 2 aromatic rings. The average molecular weight is 409 g/mol. The Morgan fingerprint density at radius 1 is 0.929 bits per heavy atom. The predicted octanol–water partition coefficient (Wildman–Crippen LogP) is 4.33. The van der Waals surface area contributed by atoms with Gasteiger partial charge in [-0.2, -0.15) is 41.3 Å². The van der Waals surface area contributed by atoms with Crippen molar-refractivity contribution >= 4 is 17.6 Å². The Morgan fingerprint density at radius 2 is 1.50 bits per heavy atom. The van der Waals surface area contributed by atoms with Gasteiger partial charge in [0.15, 0.2) is 0 Å². The van der Waals surface area contributed by atoms with Crippen molar-refractivity contribution in [3.05, 3.63) is 30.3 Å². The number of para-hydroxylation sites is 1. The van der Waals surface area contributed by atoms with Crippen LogP contribution < -0.4 is 15.0 Å². The summed E-state index contributed by atoms with van der Waals surface area (Å²) < 4.78 is 80.9. The normalized spacial score (nSPS) is 12.2. The number of nitrogens with zero attached hydrogens (tertiary/aromatic N) is 4. The lowest BCUT2D eigenvalue weighted by Gasteiger charge is -2.24. The first-order chi connectivity index (χ1) is 13.0. The van der Waals surface area contributed by atoms with Crippen molar-refractivity contribution in [2.75, 3.05) is 23.3 Å². The molecule has 1 aromatic carbocycles. The van der Waals surface area contributed by atoms with Crippen LogP contribution in [-0.4, -0.2) is 46.5 Å². The van der Waals surface area contributed by atoms with Gasteiger partial charge in [0.25, 0.3) is 6.10 Å². The van der Waals surface area contributed by atoms with Gasteiger partial charge in [-0.3, -0.25) is 0 Å². The maximum Gasteiger partial charge on any atom is 0.434 e. The highest BCUT2D eigenvalue weighted by Gasteiger charge is 2.59. The number of anilines is 3. The molecule has 12 heteroatoms. The van der Waals surface area contributed by atoms with Gasteiger partial charge in [-0.05, 0) is 26.0 Å². The Balaban J connectivity index is 2.44. The van der Waals surface area contributed by atoms with Gasteiger partial charge in [-0.15, -0.1) is 0 Å². The van der Waals surface area contributed by atoms with E-state index in [0.717, 1.165) is 0 Å². The van der Waals surface area contributed by atoms with Crippen LogP contribution in [0.5, 0.6) is 6.01 Å². The lowest BCUT2D eigenvalue weighted by atomic mass is 10.3. The molecule has 0 bridgehead atoms. The molecule has 0 fully saturated rings. The van der Waals surface area contributed by atoms with E-state index in [-0.39, 0.29) is 11.9 Å². The van der Waals surface area contributed by atoms with E-state index in [1.165, 1.54) is 4.90 Å². The first kappa shape index (κ1) is 21.5. The molecule has 0 aliphatic heterocycles. The van der Waals surface area contributed by atoms with E-state index in [4.69, 9.17) is 0 Å². The van der Waals surface area contributed by atoms with E-state index in [2.05, 4.69) is 25.0 Å². The SMILES string of the molecule is CCN(CC)c1nc(Nc2ccccc2)nc(OC(C(F)(F)F)C(F)(F)F)n1. The van der Waals surface area contributed by atoms with Gasteiger partial charge in [-0.25, -0.2) is 0 Å². The third-order valence-electron chi connectivity index (χ3n) is 3.50. The molecule has 1 aromatic heterocycles. The Bertz CT molecular complexity index is 750. The van der Waals surface area contributed by atoms with Gasteiger partial charge in [0.2, 0.25) is 11.9 Å². The van der Waals surface area contributed by atoms with E-state index in [1.54, 1.807) is 44.2 Å². The van der Waals surface area contributed by atoms with Crippen molar-refractivity contribution in [3.8, 4) is 6.01 Å². The molecule has 0 radical (unpaired) electrons. The van der Waals surface area contributed by atoms with Crippen molar-refractivity contribution < 1.29 is 31.1 Å². The summed E-state index contributed by atoms with van der Waals surface area (Å²) in [7, 11) is 0. The molecule has 0 saturated carbocycles. The molecule has 0 atom stereocenters. The number of halogens is 6. The Morgan fingerprint density at radius 3 is 2.00 bits per heavy atom. The summed E-state index contributed by atoms with van der Waals surface area (Å²) in [5, 5.41) is 2.71. The summed E-state index contributed by atoms with van der Waals surface area (Å²) in [4.78, 5) is 12.8. The Labute approximate surface area is 156 Å². The summed E-state index contributed by atoms with van der Waals surface area (Å²) in [5.41, 5.74) is 0.480. The second-order valence-corrected chi connectivity index (χ2v) is 5.49. The molecule has 1 heterocycles. The fourth-order valence-electron chi connectivity index (χ4n) is 2.18. The van der Waals surface area contributed by atoms with Gasteiger partial charge >= 0.3 is 18.4 Å². The highest BCUT2D eigenvalue weighted by atomic mass is 19.4. The van der Waals surface area contributed by atoms with Gasteiger partial charge in [0, 0.05) is 18.8 Å². The van der Waals surface area contributed by atoms with Crippen LogP contribution in [0.1, 0.15) is 13.8 Å². The number of ether oxygens (including phenoxy) is 1. The fourth-order valence-corrected chi connectivity index (χ4v) is 2.18. The molecule has 0 unspecified atom stereocenters. The van der Waals surface area contributed by atoms with Gasteiger partial charge in [-0.1, -0.05) is 18.2 Å². The van der Waals surface area contributed by atoms with Crippen LogP contribution in [0.4, 0.5) is 43.9 Å². The molecule has 0 saturated heterocycles. The van der Waals surface area contributed by atoms with Crippen LogP contribution in [-0.2, 0) is 0 Å². The van der Waals surface area contributed by atoms with Crippen molar-refractivity contribution in [2.45, 2.75) is 32.3 Å². The second-order valence-electron chi connectivity index (χ2n) is 5.49. The molecular formula is C16H17F6N5O. The summed E-state index contributed by atoms with van der Waals surface area (Å²) in [6.45, 7) is 4.19. The molecule has 0 aliphatic carbocycles. The summed E-state index contributed by atoms with van der Waals surface area (Å²) >= 11 is 0. The molecule has 0 spiro atoms. The van der Waals surface area contributed by atoms with Gasteiger partial charge in [0.05, 0.1) is 0 Å². The van der Waals surface area contributed by atoms with Crippen molar-refractivity contribution in [2.24, 2.45) is 0 Å². The highest BCUT2D eigenvalue weighted by Crippen LogP contribution is 2.36. The molecule has 0 amide bonds. The highest BCUT2D eigenvalue weighted by molar-refractivity contribution is 5.54. The number of rotatable bonds is 7. The smallest absolute Gasteiger partial charge is 0.434 e. The number of hydrogen-bond acceptors (Lipinski definition) is 6. The number of benzene rings is 1. The van der Waals surface area contributed by atoms with E-state index in [9.17, 15) is 26.3 Å². The first-order valence-electron chi connectivity index (χ1n) is 8.17. The summed E-state index contributed by atoms with van der Waals surface area (Å²) in [6.07, 6.45) is -15.4. The third kappa shape index (κ3) is 5.60. The van der Waals surface area contributed by atoms with Crippen LogP contribution in [0.15, 0.2) is 30.3 Å². The van der Waals surface area contributed by atoms with Gasteiger partial charge < -0.3 is 15.0 Å². The molecule has 154 valence electrons. The van der Waals surface area contributed by atoms with Crippen molar-refractivity contribution in [3.63, 3.8) is 0 Å². The minimum absolute atomic E-state index is 0.114. The standard InChI is InChI=1S/C16H17F6N5O/c1-3-27(4-2)13-24-12(23-10-8-6-5-7-9-10)25-14(26-13)28-11(15(17,18)19)16(20,21)22/h5-9,11H,3-4H2,1-2H3,(H,23,24,25,26). The molecular weight excluding hydrogens is 392 g/mol. The third-order valence-corrected chi connectivity index (χ3v) is 3.50. The minimum atomic E-state index is -5.69. The lowest BCUT2D eigenvalue weighted by molar-refractivity contribution is -0.301. The van der Waals surface area contributed by atoms with Crippen LogP contribution in [0.25, 0.3) is 0 Å². The molecule has 2 rings (SSSR count). The second kappa shape index (κ2) is 8.48. The van der Waals surface area contributed by atoms with Crippen LogP contribution in [0.3, 0.4) is 0 Å². The van der Waals surface area contributed by atoms with E-state index in [0.29, 0.717) is 18.8 Å². The topological polar surface area (TPSA) is 63.2 Å². The van der Waals surface area contributed by atoms with Crippen LogP contribution in [0.2, 0.25) is 0 Å². The number of aromatic nitrogens is 3. The number of nitrogens with one attached hydrogen (secondary N) is 1. The quantitative estimate of drug-likeness (QED) is 0.687. The zero-order chi connectivity index (χ0) is 20.9. The lowest BCUT2D eigenvalue weighted by Crippen LogP contribution is -2.47. The van der Waals surface area contributed by atoms with E-state index < -0.39 is 24.5 Å². The molecule has 1 N–H and O–H groups in total. The largest absolute Gasteiger partial charge is 0.440 e. The van der Waals surface area contributed by atoms with Gasteiger partial charge in [0.1, 0.15) is 0 Å². The molecule has 28 heavy (non-hydrogen) atoms. The number of hydrogen-bond donors (Lipinski definition) is 1. The minimum Gasteiger partial charge on any atom is -0.440 e. The predicted molar refractivity (Wildman–Crippen MR) is 89.6 cm³/mol. The van der Waals surface area contributed by atoms with Crippen LogP contribution >= 0.6 is 0 Å². The zero-order valence-corrected chi connectivity index (χ0v) is 14.8. The molecule has 6 nitrogen and oxygen atoms in total. The first-order valence-corrected chi connectivity index (χ1v) is 8.17. The molecule has 0 aliphatic rings. The van der Waals surface area contributed by atoms with Crippen LogP contribution in [0, 0.1) is 0 Å². The fraction of sp³-hybridized carbons (Fsp3) is 0.438. The summed E-state index contributed by atoms with van der Waals surface area (Å²) in [6, 6.07) is 7.23. The Kier molecular flexibility index (Phi) is 6.52. The maximum absolute atomic E-state index is 12.8. The average Bonchev–Trinajstić information content (AvgIpc) is 2.60. The van der Waals surface area contributed by atoms with Crippen molar-refractivity contribution in [1.29, 1.82) is 0 Å². The number of alkyl halides is 6. The Hall–Kier alpha value is -2.79. The van der Waals surface area contributed by atoms with E-state index in [1.807, 2.05) is 0 Å². The maximum atomic E-state index is 12.8. The summed E-state index contributed by atoms with van der Waals surface area (Å²) in [5.74, 6) is -0.363. The van der Waals surface area contributed by atoms with E-state index >= 15 is 0 Å². The van der Waals surface area contributed by atoms with Crippen molar-refractivity contribution in [1.82, 2.24) is 15.0 Å².